The van der Waals surface area contributed by atoms with E-state index in [-0.39, 0.29) is 11.6 Å². The maximum absolute atomic E-state index is 11.3. The number of nitrogens with zero attached hydrogens (tertiary/aromatic N) is 3. The zero-order chi connectivity index (χ0) is 11.0. The first-order valence-corrected chi connectivity index (χ1v) is 4.39. The first kappa shape index (κ1) is 9.72. The summed E-state index contributed by atoms with van der Waals surface area (Å²) in [6.07, 6.45) is 1.21. The molecule has 7 heteroatoms. The Labute approximate surface area is 88.9 Å². The van der Waals surface area contributed by atoms with Gasteiger partial charge in [-0.1, -0.05) is 11.6 Å². The smallest absolute Gasteiger partial charge is 0.437 e. The minimum atomic E-state index is -0.634. The van der Waals surface area contributed by atoms with Crippen LogP contribution in [0.4, 0.5) is 0 Å². The second-order valence-corrected chi connectivity index (χ2v) is 3.29. The summed E-state index contributed by atoms with van der Waals surface area (Å²) in [7, 11) is 1.43. The highest BCUT2D eigenvalue weighted by atomic mass is 35.5. The molecule has 0 amide bonds. The normalized spacial score (nSPS) is 10.5. The van der Waals surface area contributed by atoms with Gasteiger partial charge in [-0.05, 0) is 0 Å². The molecule has 0 N–H and O–H groups in total. The van der Waals surface area contributed by atoms with E-state index in [1.54, 1.807) is 0 Å². The number of hydrogen-bond donors (Lipinski definition) is 0. The molecule has 2 aromatic rings. The van der Waals surface area contributed by atoms with Gasteiger partial charge in [-0.2, -0.15) is 9.41 Å². The van der Waals surface area contributed by atoms with Gasteiger partial charge in [-0.15, -0.1) is 5.10 Å². The summed E-state index contributed by atoms with van der Waals surface area (Å²) in [5, 5.41) is 15.4. The third-order valence-corrected chi connectivity index (χ3v) is 2.02. The first-order chi connectivity index (χ1) is 7.08. The Balaban J connectivity index is 2.63. The number of hydrogen-bond acceptors (Lipinski definition) is 4. The standard InChI is InChI=1S/C8H6ClN3O3/c1-11-8(13)15-7(10-11)6-4-5(9)2-3-12(6)14/h2-4H,1H3. The Morgan fingerprint density at radius 3 is 3.00 bits per heavy atom. The molecule has 2 rings (SSSR count). The molecule has 0 radical (unpaired) electrons. The van der Waals surface area contributed by atoms with Gasteiger partial charge in [0.15, 0.2) is 6.20 Å². The molecule has 0 saturated heterocycles. The van der Waals surface area contributed by atoms with Gasteiger partial charge in [0.2, 0.25) is 0 Å². The van der Waals surface area contributed by atoms with Gasteiger partial charge in [0.1, 0.15) is 0 Å². The second-order valence-electron chi connectivity index (χ2n) is 2.85. The largest absolute Gasteiger partial charge is 0.618 e. The third-order valence-electron chi connectivity index (χ3n) is 1.79. The molecule has 0 bridgehead atoms. The number of aryl methyl sites for hydroxylation is 1. The minimum Gasteiger partial charge on any atom is -0.618 e. The van der Waals surface area contributed by atoms with Crippen molar-refractivity contribution >= 4 is 11.6 Å². The van der Waals surface area contributed by atoms with Gasteiger partial charge in [0.05, 0.1) is 5.02 Å². The molecular formula is C8H6ClN3O3. The van der Waals surface area contributed by atoms with Gasteiger partial charge in [0.25, 0.3) is 5.69 Å². The van der Waals surface area contributed by atoms with Gasteiger partial charge >= 0.3 is 11.6 Å². The zero-order valence-electron chi connectivity index (χ0n) is 7.68. The van der Waals surface area contributed by atoms with Crippen LogP contribution in [0.1, 0.15) is 0 Å². The Hall–Kier alpha value is -1.82. The van der Waals surface area contributed by atoms with Crippen molar-refractivity contribution in [1.29, 1.82) is 0 Å². The van der Waals surface area contributed by atoms with E-state index in [9.17, 15) is 10.0 Å². The molecule has 0 saturated carbocycles. The van der Waals surface area contributed by atoms with Crippen molar-refractivity contribution in [3.8, 4) is 11.6 Å². The highest BCUT2D eigenvalue weighted by Gasteiger charge is 2.17. The zero-order valence-corrected chi connectivity index (χ0v) is 8.43. The van der Waals surface area contributed by atoms with E-state index in [1.807, 2.05) is 0 Å². The SMILES string of the molecule is Cn1nc(-c2cc(Cl)cc[n+]2[O-])oc1=O. The summed E-state index contributed by atoms with van der Waals surface area (Å²) >= 11 is 5.71. The topological polar surface area (TPSA) is 75.0 Å². The molecule has 0 aromatic carbocycles. The van der Waals surface area contributed by atoms with Crippen molar-refractivity contribution in [2.24, 2.45) is 7.05 Å². The molecule has 2 aromatic heterocycles. The lowest BCUT2D eigenvalue weighted by molar-refractivity contribution is -0.594. The van der Waals surface area contributed by atoms with Crippen LogP contribution in [-0.2, 0) is 7.05 Å². The van der Waals surface area contributed by atoms with E-state index in [4.69, 9.17) is 16.0 Å². The monoisotopic (exact) mass is 227 g/mol. The van der Waals surface area contributed by atoms with Gasteiger partial charge < -0.3 is 9.62 Å². The van der Waals surface area contributed by atoms with Crippen LogP contribution in [-0.4, -0.2) is 9.78 Å². The lowest BCUT2D eigenvalue weighted by atomic mass is 10.3. The van der Waals surface area contributed by atoms with E-state index in [0.717, 1.165) is 4.68 Å². The molecule has 0 spiro atoms. The van der Waals surface area contributed by atoms with Crippen LogP contribution >= 0.6 is 11.6 Å². The van der Waals surface area contributed by atoms with Gasteiger partial charge in [-0.3, -0.25) is 0 Å². The second kappa shape index (κ2) is 3.39. The average Bonchev–Trinajstić information content (AvgIpc) is 2.51. The fraction of sp³-hybridized carbons (Fsp3) is 0.125. The van der Waals surface area contributed by atoms with Crippen molar-refractivity contribution in [3.63, 3.8) is 0 Å². The summed E-state index contributed by atoms with van der Waals surface area (Å²) in [6.45, 7) is 0. The number of rotatable bonds is 1. The lowest BCUT2D eigenvalue weighted by Crippen LogP contribution is -2.28. The Kier molecular flexibility index (Phi) is 2.20. The highest BCUT2D eigenvalue weighted by molar-refractivity contribution is 6.30. The van der Waals surface area contributed by atoms with Crippen molar-refractivity contribution in [1.82, 2.24) is 9.78 Å². The minimum absolute atomic E-state index is 0.0556. The van der Waals surface area contributed by atoms with E-state index in [2.05, 4.69) is 5.10 Å². The summed E-state index contributed by atoms with van der Waals surface area (Å²) in [5.41, 5.74) is 0.0974. The molecule has 2 heterocycles. The van der Waals surface area contributed by atoms with Crippen molar-refractivity contribution in [2.45, 2.75) is 0 Å². The fourth-order valence-electron chi connectivity index (χ4n) is 1.07. The number of aromatic nitrogens is 3. The molecule has 0 aliphatic carbocycles. The van der Waals surface area contributed by atoms with Crippen molar-refractivity contribution < 1.29 is 9.15 Å². The Bertz CT molecular complexity index is 560. The fourth-order valence-corrected chi connectivity index (χ4v) is 1.23. The summed E-state index contributed by atoms with van der Waals surface area (Å²) in [6, 6.07) is 2.80. The molecule has 0 aliphatic heterocycles. The Morgan fingerprint density at radius 1 is 1.67 bits per heavy atom. The molecule has 6 nitrogen and oxygen atoms in total. The van der Waals surface area contributed by atoms with E-state index in [0.29, 0.717) is 9.75 Å². The highest BCUT2D eigenvalue weighted by Crippen LogP contribution is 2.15. The summed E-state index contributed by atoms with van der Waals surface area (Å²) in [5.74, 6) is -0.690. The van der Waals surface area contributed by atoms with Crippen LogP contribution in [0, 0.1) is 5.21 Å². The van der Waals surface area contributed by atoms with Crippen LogP contribution in [0.15, 0.2) is 27.5 Å². The van der Waals surface area contributed by atoms with Crippen molar-refractivity contribution in [3.05, 3.63) is 39.1 Å². The average molecular weight is 228 g/mol. The molecule has 0 aliphatic rings. The summed E-state index contributed by atoms with van der Waals surface area (Å²) < 4.78 is 6.27. The van der Waals surface area contributed by atoms with E-state index >= 15 is 0 Å². The van der Waals surface area contributed by atoms with E-state index in [1.165, 1.54) is 25.4 Å². The van der Waals surface area contributed by atoms with Crippen LogP contribution in [0.3, 0.4) is 0 Å². The predicted molar refractivity (Wildman–Crippen MR) is 51.2 cm³/mol. The Morgan fingerprint density at radius 2 is 2.40 bits per heavy atom. The van der Waals surface area contributed by atoms with Gasteiger partial charge in [-0.25, -0.2) is 4.79 Å². The predicted octanol–water partition coefficient (Wildman–Crippen LogP) is 0.327. The van der Waals surface area contributed by atoms with Crippen molar-refractivity contribution in [2.75, 3.05) is 0 Å². The lowest BCUT2D eigenvalue weighted by Gasteiger charge is -1.99. The van der Waals surface area contributed by atoms with Crippen LogP contribution < -0.4 is 10.5 Å². The number of halogens is 1. The van der Waals surface area contributed by atoms with Crippen LogP contribution in [0.2, 0.25) is 5.02 Å². The number of pyridine rings is 1. The first-order valence-electron chi connectivity index (χ1n) is 4.01. The van der Waals surface area contributed by atoms with Crippen LogP contribution in [0.5, 0.6) is 0 Å². The molecule has 78 valence electrons. The molecule has 0 unspecified atom stereocenters. The maximum Gasteiger partial charge on any atom is 0.437 e. The molecule has 15 heavy (non-hydrogen) atoms. The van der Waals surface area contributed by atoms with E-state index < -0.39 is 5.76 Å². The molecule has 0 fully saturated rings. The molecular weight excluding hydrogens is 222 g/mol. The van der Waals surface area contributed by atoms with Gasteiger partial charge in [0, 0.05) is 19.2 Å². The quantitative estimate of drug-likeness (QED) is 0.520. The maximum atomic E-state index is 11.3. The molecule has 0 atom stereocenters. The van der Waals surface area contributed by atoms with Crippen LogP contribution in [0.25, 0.3) is 11.6 Å². The third kappa shape index (κ3) is 1.71. The summed E-state index contributed by atoms with van der Waals surface area (Å²) in [4.78, 5) is 11.0.